The summed E-state index contributed by atoms with van der Waals surface area (Å²) in [6, 6.07) is 1.21. The van der Waals surface area contributed by atoms with Crippen LogP contribution in [0.1, 0.15) is 20.7 Å². The van der Waals surface area contributed by atoms with Gasteiger partial charge in [-0.1, -0.05) is 0 Å². The number of nitrogen functional groups attached to an aromatic ring is 1. The maximum absolute atomic E-state index is 13.1. The van der Waals surface area contributed by atoms with Crippen molar-refractivity contribution in [3.8, 4) is 11.5 Å². The number of anilines is 1. The maximum atomic E-state index is 13.1. The zero-order chi connectivity index (χ0) is 23.3. The SMILES string of the molecule is COC(=O)c1cc(N)c(O)c(F)c1F.COC(=O)c1cc([N+](=O)[O-])c(O)c(F)c1F. The number of nitrogens with two attached hydrogens (primary N) is 1. The second-order valence-electron chi connectivity index (χ2n) is 5.15. The fourth-order valence-corrected chi connectivity index (χ4v) is 1.90. The normalized spacial score (nSPS) is 9.93. The van der Waals surface area contributed by atoms with E-state index in [1.807, 2.05) is 0 Å². The molecule has 0 atom stereocenters. The highest BCUT2D eigenvalue weighted by atomic mass is 19.2. The highest BCUT2D eigenvalue weighted by Gasteiger charge is 2.28. The monoisotopic (exact) mass is 436 g/mol. The summed E-state index contributed by atoms with van der Waals surface area (Å²) in [6.07, 6.45) is 0. The van der Waals surface area contributed by atoms with Crippen molar-refractivity contribution < 1.29 is 51.8 Å². The molecule has 0 amide bonds. The minimum Gasteiger partial charge on any atom is -0.503 e. The topological polar surface area (TPSA) is 162 Å². The Morgan fingerprint density at radius 3 is 1.70 bits per heavy atom. The quantitative estimate of drug-likeness (QED) is 0.164. The number of phenolic OH excluding ortho intramolecular Hbond substituents is 2. The summed E-state index contributed by atoms with van der Waals surface area (Å²) in [4.78, 5) is 31.0. The molecule has 30 heavy (non-hydrogen) atoms. The van der Waals surface area contributed by atoms with Crippen molar-refractivity contribution in [2.75, 3.05) is 20.0 Å². The Bertz CT molecular complexity index is 1030. The van der Waals surface area contributed by atoms with Gasteiger partial charge in [0.15, 0.2) is 17.4 Å². The zero-order valence-electron chi connectivity index (χ0n) is 15.0. The fraction of sp³-hybridized carbons (Fsp3) is 0.125. The molecule has 0 saturated carbocycles. The van der Waals surface area contributed by atoms with E-state index < -0.39 is 74.1 Å². The standard InChI is InChI=1S/C8H5F2NO5.C8H7F2NO3/c1-16-8(13)3-2-4(11(14)15)7(12)6(10)5(3)9;1-14-8(13)3-2-4(11)7(12)6(10)5(3)9/h2,12H,1H3;2,12H,11H2,1H3. The lowest BCUT2D eigenvalue weighted by molar-refractivity contribution is -0.386. The number of nitro groups is 1. The van der Waals surface area contributed by atoms with Crippen LogP contribution in [0.5, 0.6) is 11.5 Å². The number of benzene rings is 2. The molecule has 2 rings (SSSR count). The predicted octanol–water partition coefficient (Wildman–Crippen LogP) is 2.40. The van der Waals surface area contributed by atoms with Crippen LogP contribution in [0, 0.1) is 33.4 Å². The van der Waals surface area contributed by atoms with Crippen LogP contribution in [0.4, 0.5) is 28.9 Å². The lowest BCUT2D eigenvalue weighted by atomic mass is 10.1. The van der Waals surface area contributed by atoms with Gasteiger partial charge in [0.2, 0.25) is 17.4 Å². The number of carbonyl (C=O) groups is 2. The molecule has 0 unspecified atom stereocenters. The molecular formula is C16H12F4N2O8. The number of ether oxygens (including phenoxy) is 2. The Kier molecular flexibility index (Phi) is 7.50. The van der Waals surface area contributed by atoms with Gasteiger partial charge in [-0.05, 0) is 6.07 Å². The first-order valence-corrected chi connectivity index (χ1v) is 7.37. The molecule has 0 aliphatic carbocycles. The molecule has 0 bridgehead atoms. The average Bonchev–Trinajstić information content (AvgIpc) is 2.72. The number of phenols is 2. The minimum absolute atomic E-state index is 0.402. The molecule has 2 aromatic rings. The molecule has 0 aliphatic rings. The van der Waals surface area contributed by atoms with Crippen molar-refractivity contribution in [2.24, 2.45) is 0 Å². The van der Waals surface area contributed by atoms with Crippen molar-refractivity contribution in [3.05, 3.63) is 56.6 Å². The summed E-state index contributed by atoms with van der Waals surface area (Å²) in [5.74, 6) is -11.4. The molecule has 0 spiro atoms. The van der Waals surface area contributed by atoms with Gasteiger partial charge in [-0.3, -0.25) is 10.1 Å². The first kappa shape index (κ1) is 23.9. The maximum Gasteiger partial charge on any atom is 0.341 e. The van der Waals surface area contributed by atoms with E-state index in [-0.39, 0.29) is 0 Å². The van der Waals surface area contributed by atoms with Crippen LogP contribution >= 0.6 is 0 Å². The average molecular weight is 436 g/mol. The fourth-order valence-electron chi connectivity index (χ4n) is 1.90. The molecule has 162 valence electrons. The first-order valence-electron chi connectivity index (χ1n) is 7.37. The van der Waals surface area contributed by atoms with Crippen molar-refractivity contribution in [2.45, 2.75) is 0 Å². The number of aromatic hydroxyl groups is 2. The molecule has 0 radical (unpaired) electrons. The molecule has 0 fully saturated rings. The Morgan fingerprint density at radius 1 is 0.900 bits per heavy atom. The molecule has 2 aromatic carbocycles. The third-order valence-corrected chi connectivity index (χ3v) is 3.38. The minimum atomic E-state index is -1.87. The van der Waals surface area contributed by atoms with Crippen LogP contribution in [0.25, 0.3) is 0 Å². The smallest absolute Gasteiger partial charge is 0.341 e. The van der Waals surface area contributed by atoms with Gasteiger partial charge in [-0.2, -0.15) is 8.78 Å². The molecule has 4 N–H and O–H groups in total. The Balaban J connectivity index is 0.000000303. The molecule has 0 heterocycles. The largest absolute Gasteiger partial charge is 0.503 e. The second-order valence-corrected chi connectivity index (χ2v) is 5.15. The lowest BCUT2D eigenvalue weighted by Gasteiger charge is -2.05. The van der Waals surface area contributed by atoms with E-state index >= 15 is 0 Å². The summed E-state index contributed by atoms with van der Waals surface area (Å²) in [5.41, 5.74) is 1.97. The van der Waals surface area contributed by atoms with Gasteiger partial charge in [0.1, 0.15) is 11.1 Å². The highest BCUT2D eigenvalue weighted by Crippen LogP contribution is 2.32. The molecule has 14 heteroatoms. The van der Waals surface area contributed by atoms with E-state index in [1.54, 1.807) is 0 Å². The number of esters is 2. The number of nitro benzene ring substituents is 1. The number of nitrogens with zero attached hydrogens (tertiary/aromatic N) is 1. The predicted molar refractivity (Wildman–Crippen MR) is 89.8 cm³/mol. The van der Waals surface area contributed by atoms with E-state index in [0.29, 0.717) is 6.07 Å². The number of rotatable bonds is 3. The first-order chi connectivity index (χ1) is 13.9. The third kappa shape index (κ3) is 4.65. The van der Waals surface area contributed by atoms with Crippen LogP contribution in [-0.4, -0.2) is 41.3 Å². The van der Waals surface area contributed by atoms with E-state index in [2.05, 4.69) is 9.47 Å². The van der Waals surface area contributed by atoms with E-state index in [4.69, 9.17) is 15.9 Å². The molecule has 10 nitrogen and oxygen atoms in total. The van der Waals surface area contributed by atoms with Crippen LogP contribution in [-0.2, 0) is 9.47 Å². The van der Waals surface area contributed by atoms with Gasteiger partial charge in [0.05, 0.1) is 24.8 Å². The highest BCUT2D eigenvalue weighted by molar-refractivity contribution is 5.91. The van der Waals surface area contributed by atoms with Crippen molar-refractivity contribution in [3.63, 3.8) is 0 Å². The molecule has 0 saturated heterocycles. The summed E-state index contributed by atoms with van der Waals surface area (Å²) in [7, 11) is 1.92. The zero-order valence-corrected chi connectivity index (χ0v) is 15.0. The molecule has 0 aliphatic heterocycles. The Morgan fingerprint density at radius 2 is 1.30 bits per heavy atom. The summed E-state index contributed by atoms with van der Waals surface area (Å²) in [6.45, 7) is 0. The molecular weight excluding hydrogens is 424 g/mol. The number of halogens is 4. The van der Waals surface area contributed by atoms with E-state index in [1.165, 1.54) is 0 Å². The van der Waals surface area contributed by atoms with Crippen molar-refractivity contribution in [1.82, 2.24) is 0 Å². The second kappa shape index (κ2) is 9.40. The van der Waals surface area contributed by atoms with E-state index in [0.717, 1.165) is 20.3 Å². The van der Waals surface area contributed by atoms with Gasteiger partial charge >= 0.3 is 17.6 Å². The van der Waals surface area contributed by atoms with E-state index in [9.17, 15) is 37.3 Å². The summed E-state index contributed by atoms with van der Waals surface area (Å²) >= 11 is 0. The van der Waals surface area contributed by atoms with Gasteiger partial charge in [-0.25, -0.2) is 18.4 Å². The molecule has 0 aromatic heterocycles. The van der Waals surface area contributed by atoms with Gasteiger partial charge in [0.25, 0.3) is 0 Å². The van der Waals surface area contributed by atoms with Gasteiger partial charge < -0.3 is 25.4 Å². The number of hydrogen-bond donors (Lipinski definition) is 3. The van der Waals surface area contributed by atoms with Crippen LogP contribution in [0.2, 0.25) is 0 Å². The summed E-state index contributed by atoms with van der Waals surface area (Å²) in [5, 5.41) is 28.1. The lowest BCUT2D eigenvalue weighted by Crippen LogP contribution is -2.07. The number of carbonyl (C=O) groups excluding carboxylic acids is 2. The van der Waals surface area contributed by atoms with Gasteiger partial charge in [0, 0.05) is 6.07 Å². The Hall–Kier alpha value is -4.10. The summed E-state index contributed by atoms with van der Waals surface area (Å²) < 4.78 is 60.2. The number of methoxy groups -OCH3 is 2. The van der Waals surface area contributed by atoms with Crippen LogP contribution in [0.3, 0.4) is 0 Å². The van der Waals surface area contributed by atoms with Crippen LogP contribution < -0.4 is 5.73 Å². The van der Waals surface area contributed by atoms with Crippen molar-refractivity contribution in [1.29, 1.82) is 0 Å². The third-order valence-electron chi connectivity index (χ3n) is 3.38. The Labute approximate surface area is 164 Å². The van der Waals surface area contributed by atoms with Crippen molar-refractivity contribution >= 4 is 23.3 Å². The van der Waals surface area contributed by atoms with Crippen LogP contribution in [0.15, 0.2) is 12.1 Å². The van der Waals surface area contributed by atoms with Gasteiger partial charge in [-0.15, -0.1) is 0 Å². The number of hydrogen-bond acceptors (Lipinski definition) is 9.